The van der Waals surface area contributed by atoms with Crippen LogP contribution in [-0.4, -0.2) is 6.29 Å². The molecule has 1 aromatic rings. The van der Waals surface area contributed by atoms with E-state index in [1.807, 2.05) is 18.4 Å². The maximum atomic E-state index is 11.4. The smallest absolute Gasteiger partial charge is 0.127 e. The summed E-state index contributed by atoms with van der Waals surface area (Å²) in [5.41, 5.74) is 5.48. The first-order valence-electron chi connectivity index (χ1n) is 7.75. The minimum absolute atomic E-state index is 0. The summed E-state index contributed by atoms with van der Waals surface area (Å²) in [5, 5.41) is 3.43. The number of carbonyl (C=O) groups excluding carboxylic acids is 1. The molecule has 1 aromatic carbocycles. The number of halogens is 2. The van der Waals surface area contributed by atoms with E-state index in [0.29, 0.717) is 11.8 Å². The van der Waals surface area contributed by atoms with E-state index in [-0.39, 0.29) is 30.7 Å². The summed E-state index contributed by atoms with van der Waals surface area (Å²) in [7, 11) is 0. The Hall–Kier alpha value is -1.51. The van der Waals surface area contributed by atoms with Crippen molar-refractivity contribution in [1.29, 1.82) is 0 Å². The van der Waals surface area contributed by atoms with Gasteiger partial charge in [-0.3, -0.25) is 0 Å². The molecule has 1 heterocycles. The molecule has 0 saturated heterocycles. The molecule has 3 aliphatic rings. The van der Waals surface area contributed by atoms with Gasteiger partial charge in [-0.25, -0.2) is 0 Å². The van der Waals surface area contributed by atoms with E-state index in [2.05, 4.69) is 35.7 Å². The number of hydrogen-bond acceptors (Lipinski definition) is 2. The van der Waals surface area contributed by atoms with Gasteiger partial charge in [0.2, 0.25) is 0 Å². The monoisotopic (exact) mass is 349 g/mol. The van der Waals surface area contributed by atoms with Gasteiger partial charge in [0, 0.05) is 23.7 Å². The molecule has 4 heteroatoms. The molecule has 4 rings (SSSR count). The van der Waals surface area contributed by atoms with Crippen LogP contribution in [-0.2, 0) is 11.2 Å². The first-order valence-corrected chi connectivity index (χ1v) is 7.75. The number of benzene rings is 1. The molecule has 2 nitrogen and oxygen atoms in total. The van der Waals surface area contributed by atoms with Crippen LogP contribution in [0, 0.1) is 5.92 Å². The summed E-state index contributed by atoms with van der Waals surface area (Å²) in [6.07, 6.45) is 14.7. The predicted octanol–water partition coefficient (Wildman–Crippen LogP) is 4.42. The highest BCUT2D eigenvalue weighted by atomic mass is 35.5. The number of aldehydes is 1. The molecule has 0 radical (unpaired) electrons. The molecule has 3 unspecified atom stereocenters. The van der Waals surface area contributed by atoms with Crippen LogP contribution in [0.15, 0.2) is 54.4 Å². The summed E-state index contributed by atoms with van der Waals surface area (Å²) in [6, 6.07) is 6.50. The largest absolute Gasteiger partial charge is 0.365 e. The van der Waals surface area contributed by atoms with E-state index in [9.17, 15) is 4.79 Å². The summed E-state index contributed by atoms with van der Waals surface area (Å²) in [5.74, 6) is 1.07. The standard InChI is InChI=1S/C19H19NO.2ClH/c21-12-14-11-17-16(18-7-2-1-3-10-20-18)9-8-13-5-4-6-15(14)19(13)17;;/h1-7,10,12,14,16-17,20H,8-9,11H2;2*1H. The lowest BCUT2D eigenvalue weighted by atomic mass is 9.74. The van der Waals surface area contributed by atoms with Crippen LogP contribution >= 0.6 is 24.8 Å². The van der Waals surface area contributed by atoms with Crippen LogP contribution in [0.2, 0.25) is 0 Å². The number of hydrogen-bond donors (Lipinski definition) is 1. The summed E-state index contributed by atoms with van der Waals surface area (Å²) >= 11 is 0. The molecule has 0 amide bonds. The van der Waals surface area contributed by atoms with Crippen LogP contribution in [0.4, 0.5) is 0 Å². The van der Waals surface area contributed by atoms with E-state index in [1.54, 1.807) is 0 Å². The molecule has 1 N–H and O–H groups in total. The molecule has 3 atom stereocenters. The number of nitrogens with one attached hydrogen (secondary N) is 1. The van der Waals surface area contributed by atoms with E-state index in [4.69, 9.17) is 0 Å². The van der Waals surface area contributed by atoms with Gasteiger partial charge < -0.3 is 10.1 Å². The Morgan fingerprint density at radius 2 is 1.96 bits per heavy atom. The first-order chi connectivity index (χ1) is 10.4. The van der Waals surface area contributed by atoms with E-state index in [0.717, 1.165) is 25.5 Å². The average molecular weight is 350 g/mol. The summed E-state index contributed by atoms with van der Waals surface area (Å²) in [6.45, 7) is 0. The number of rotatable bonds is 2. The van der Waals surface area contributed by atoms with Crippen molar-refractivity contribution in [2.45, 2.75) is 31.1 Å². The van der Waals surface area contributed by atoms with Gasteiger partial charge in [0.1, 0.15) is 6.29 Å². The highest BCUT2D eigenvalue weighted by Gasteiger charge is 2.40. The number of carbonyl (C=O) groups is 1. The molecule has 23 heavy (non-hydrogen) atoms. The van der Waals surface area contributed by atoms with Crippen molar-refractivity contribution in [2.24, 2.45) is 5.92 Å². The maximum absolute atomic E-state index is 11.4. The van der Waals surface area contributed by atoms with Gasteiger partial charge in [-0.2, -0.15) is 0 Å². The normalized spacial score (nSPS) is 26.8. The highest BCUT2D eigenvalue weighted by Crippen LogP contribution is 2.51. The number of allylic oxidation sites excluding steroid dienone is 5. The fraction of sp³-hybridized carbons (Fsp3) is 0.316. The van der Waals surface area contributed by atoms with Crippen molar-refractivity contribution in [3.63, 3.8) is 0 Å². The highest BCUT2D eigenvalue weighted by molar-refractivity contribution is 5.85. The molecule has 1 aliphatic heterocycles. The Balaban J connectivity index is 0.000000960. The fourth-order valence-electron chi connectivity index (χ4n) is 4.23. The first kappa shape index (κ1) is 17.8. The van der Waals surface area contributed by atoms with E-state index < -0.39 is 0 Å². The van der Waals surface area contributed by atoms with Crippen molar-refractivity contribution in [2.75, 3.05) is 0 Å². The molecule has 0 aromatic heterocycles. The Bertz CT molecular complexity index is 678. The fourth-order valence-corrected chi connectivity index (χ4v) is 4.23. The minimum Gasteiger partial charge on any atom is -0.365 e. The molecule has 0 saturated carbocycles. The van der Waals surface area contributed by atoms with Crippen LogP contribution in [0.1, 0.15) is 41.4 Å². The van der Waals surface area contributed by atoms with Gasteiger partial charge in [0.25, 0.3) is 0 Å². The zero-order valence-corrected chi connectivity index (χ0v) is 14.4. The maximum Gasteiger partial charge on any atom is 0.127 e. The molecule has 0 spiro atoms. The topological polar surface area (TPSA) is 29.1 Å². The molecule has 0 fully saturated rings. The molecular weight excluding hydrogens is 329 g/mol. The van der Waals surface area contributed by atoms with Gasteiger partial charge in [-0.05, 0) is 54.0 Å². The quantitative estimate of drug-likeness (QED) is 0.800. The lowest BCUT2D eigenvalue weighted by Gasteiger charge is -2.32. The zero-order chi connectivity index (χ0) is 14.2. The van der Waals surface area contributed by atoms with E-state index in [1.165, 1.54) is 22.4 Å². The second-order valence-corrected chi connectivity index (χ2v) is 6.16. The molecule has 0 bridgehead atoms. The second-order valence-electron chi connectivity index (χ2n) is 6.16. The van der Waals surface area contributed by atoms with Crippen LogP contribution in [0.25, 0.3) is 0 Å². The minimum atomic E-state index is 0. The Morgan fingerprint density at radius 1 is 1.09 bits per heavy atom. The van der Waals surface area contributed by atoms with Crippen LogP contribution in [0.5, 0.6) is 0 Å². The lowest BCUT2D eigenvalue weighted by Crippen LogP contribution is -2.25. The van der Waals surface area contributed by atoms with Gasteiger partial charge in [-0.1, -0.05) is 30.4 Å². The third kappa shape index (κ3) is 2.98. The molecular formula is C19H21Cl2NO. The third-order valence-electron chi connectivity index (χ3n) is 5.13. The third-order valence-corrected chi connectivity index (χ3v) is 5.13. The second kappa shape index (κ2) is 7.37. The van der Waals surface area contributed by atoms with Crippen LogP contribution < -0.4 is 5.32 Å². The van der Waals surface area contributed by atoms with Crippen LogP contribution in [0.3, 0.4) is 0 Å². The Labute approximate surface area is 149 Å². The molecule has 122 valence electrons. The number of aryl methyl sites for hydroxylation is 1. The summed E-state index contributed by atoms with van der Waals surface area (Å²) < 4.78 is 0. The summed E-state index contributed by atoms with van der Waals surface area (Å²) in [4.78, 5) is 11.4. The zero-order valence-electron chi connectivity index (χ0n) is 12.8. The lowest BCUT2D eigenvalue weighted by molar-refractivity contribution is -0.109. The SMILES string of the molecule is Cl.Cl.O=CC1CC2c3c(cccc31)CCC2C1=CC=CC=CN1. The van der Waals surface area contributed by atoms with Gasteiger partial charge in [-0.15, -0.1) is 24.8 Å². The van der Waals surface area contributed by atoms with Crippen molar-refractivity contribution in [1.82, 2.24) is 5.32 Å². The van der Waals surface area contributed by atoms with Gasteiger partial charge >= 0.3 is 0 Å². The van der Waals surface area contributed by atoms with Crippen molar-refractivity contribution in [3.8, 4) is 0 Å². The van der Waals surface area contributed by atoms with E-state index >= 15 is 0 Å². The van der Waals surface area contributed by atoms with Gasteiger partial charge in [0.05, 0.1) is 0 Å². The van der Waals surface area contributed by atoms with Crippen molar-refractivity contribution < 1.29 is 4.79 Å². The average Bonchev–Trinajstić information content (AvgIpc) is 2.72. The molecule has 2 aliphatic carbocycles. The van der Waals surface area contributed by atoms with Gasteiger partial charge in [0.15, 0.2) is 0 Å². The van der Waals surface area contributed by atoms with Crippen molar-refractivity contribution >= 4 is 31.1 Å². The Kier molecular flexibility index (Phi) is 5.72. The Morgan fingerprint density at radius 3 is 2.78 bits per heavy atom. The predicted molar refractivity (Wildman–Crippen MR) is 98.4 cm³/mol. The van der Waals surface area contributed by atoms with Crippen molar-refractivity contribution in [3.05, 3.63) is 71.1 Å².